The number of aliphatic hydroxyl groups excluding tert-OH is 1. The van der Waals surface area contributed by atoms with Crippen molar-refractivity contribution < 1.29 is 52.6 Å². The molecule has 0 fully saturated rings. The number of ether oxygens (including phenoxy) is 8. The highest BCUT2D eigenvalue weighted by Crippen LogP contribution is 2.09. The topological polar surface area (TPSA) is 140 Å². The maximum Gasteiger partial charge on any atom is 0.222 e. The molecule has 0 aromatic heterocycles. The van der Waals surface area contributed by atoms with Gasteiger partial charge in [-0.3, -0.25) is 4.79 Å². The van der Waals surface area contributed by atoms with E-state index in [0.29, 0.717) is 98.8 Å². The standard InChI is InChI=1S/C23H45NO11/c1-23(20-25,21-26)19-24-22(27)3-4-29-7-8-31-11-12-33-15-16-35-18-17-34-14-13-32-10-9-30-6-5-28-2/h20,26H,3-19,21H2,1-2H3,(H,24,27). The fourth-order valence-corrected chi connectivity index (χ4v) is 2.25. The van der Waals surface area contributed by atoms with Gasteiger partial charge >= 0.3 is 0 Å². The van der Waals surface area contributed by atoms with Gasteiger partial charge in [-0.2, -0.15) is 0 Å². The number of rotatable bonds is 28. The Kier molecular flexibility index (Phi) is 25.0. The number of methoxy groups -OCH3 is 1. The summed E-state index contributed by atoms with van der Waals surface area (Å²) < 4.78 is 42.4. The van der Waals surface area contributed by atoms with E-state index in [2.05, 4.69) is 5.32 Å². The summed E-state index contributed by atoms with van der Waals surface area (Å²) in [5.74, 6) is -0.237. The van der Waals surface area contributed by atoms with Gasteiger partial charge in [-0.15, -0.1) is 0 Å². The summed E-state index contributed by atoms with van der Waals surface area (Å²) in [5.41, 5.74) is -0.955. The number of hydrogen-bond donors (Lipinski definition) is 2. The van der Waals surface area contributed by atoms with Crippen LogP contribution >= 0.6 is 0 Å². The lowest BCUT2D eigenvalue weighted by atomic mass is 9.94. The first-order valence-corrected chi connectivity index (χ1v) is 11.9. The van der Waals surface area contributed by atoms with E-state index in [9.17, 15) is 9.59 Å². The number of aliphatic hydroxyl groups is 1. The summed E-state index contributed by atoms with van der Waals surface area (Å²) in [7, 11) is 1.63. The highest BCUT2D eigenvalue weighted by atomic mass is 16.6. The molecule has 0 aliphatic carbocycles. The molecular weight excluding hydrogens is 466 g/mol. The van der Waals surface area contributed by atoms with Crippen molar-refractivity contribution in [2.75, 3.05) is 119 Å². The van der Waals surface area contributed by atoms with Crippen LogP contribution in [0.3, 0.4) is 0 Å². The Balaban J connectivity index is 3.19. The molecule has 0 aliphatic rings. The number of aldehydes is 1. The minimum absolute atomic E-state index is 0.0935. The molecule has 1 atom stereocenters. The maximum absolute atomic E-state index is 11.7. The minimum atomic E-state index is -0.955. The number of carbonyl (C=O) groups excluding carboxylic acids is 2. The Bertz CT molecular complexity index is 484. The smallest absolute Gasteiger partial charge is 0.222 e. The third-order valence-electron chi connectivity index (χ3n) is 4.47. The van der Waals surface area contributed by atoms with Crippen LogP contribution in [0.15, 0.2) is 0 Å². The molecule has 0 rings (SSSR count). The second-order valence-corrected chi connectivity index (χ2v) is 7.74. The zero-order chi connectivity index (χ0) is 25.9. The molecule has 0 spiro atoms. The fourth-order valence-electron chi connectivity index (χ4n) is 2.25. The lowest BCUT2D eigenvalue weighted by Crippen LogP contribution is -2.39. The van der Waals surface area contributed by atoms with Crippen LogP contribution in [0, 0.1) is 5.41 Å². The van der Waals surface area contributed by atoms with E-state index in [1.165, 1.54) is 0 Å². The SMILES string of the molecule is COCCOCCOCCOCCOCCOCCOCCOCCC(=O)NCC(C)(C=O)CO. The number of carbonyl (C=O) groups is 2. The second kappa shape index (κ2) is 25.9. The van der Waals surface area contributed by atoms with E-state index >= 15 is 0 Å². The second-order valence-electron chi connectivity index (χ2n) is 7.74. The van der Waals surface area contributed by atoms with Gasteiger partial charge in [0.25, 0.3) is 0 Å². The minimum Gasteiger partial charge on any atom is -0.395 e. The third-order valence-corrected chi connectivity index (χ3v) is 4.47. The maximum atomic E-state index is 11.7. The average molecular weight is 512 g/mol. The predicted octanol–water partition coefficient (Wildman–Crippen LogP) is -0.547. The van der Waals surface area contributed by atoms with Crippen LogP contribution in [-0.2, 0) is 47.5 Å². The van der Waals surface area contributed by atoms with Gasteiger partial charge in [0.2, 0.25) is 5.91 Å². The van der Waals surface area contributed by atoms with Crippen LogP contribution in [0.5, 0.6) is 0 Å². The van der Waals surface area contributed by atoms with E-state index in [-0.39, 0.29) is 32.1 Å². The van der Waals surface area contributed by atoms with E-state index in [0.717, 1.165) is 0 Å². The molecule has 0 aromatic rings. The van der Waals surface area contributed by atoms with Gasteiger partial charge in [0.05, 0.1) is 111 Å². The van der Waals surface area contributed by atoms with Crippen molar-refractivity contribution in [1.82, 2.24) is 5.32 Å². The van der Waals surface area contributed by atoms with Crippen molar-refractivity contribution in [3.05, 3.63) is 0 Å². The summed E-state index contributed by atoms with van der Waals surface area (Å²) in [5, 5.41) is 11.7. The Morgan fingerprint density at radius 1 is 0.686 bits per heavy atom. The van der Waals surface area contributed by atoms with E-state index < -0.39 is 5.41 Å². The molecule has 12 nitrogen and oxygen atoms in total. The van der Waals surface area contributed by atoms with Gasteiger partial charge in [0, 0.05) is 20.1 Å². The Morgan fingerprint density at radius 3 is 1.34 bits per heavy atom. The van der Waals surface area contributed by atoms with E-state index in [1.54, 1.807) is 14.0 Å². The van der Waals surface area contributed by atoms with Crippen LogP contribution in [0.2, 0.25) is 0 Å². The molecule has 0 aliphatic heterocycles. The van der Waals surface area contributed by atoms with Crippen molar-refractivity contribution in [2.45, 2.75) is 13.3 Å². The molecule has 0 radical (unpaired) electrons. The van der Waals surface area contributed by atoms with Crippen LogP contribution in [0.4, 0.5) is 0 Å². The van der Waals surface area contributed by atoms with Crippen LogP contribution in [0.25, 0.3) is 0 Å². The monoisotopic (exact) mass is 511 g/mol. The molecular formula is C23H45NO11. The van der Waals surface area contributed by atoms with Gasteiger partial charge in [0.15, 0.2) is 0 Å². The van der Waals surface area contributed by atoms with Crippen molar-refractivity contribution in [3.63, 3.8) is 0 Å². The molecule has 2 N–H and O–H groups in total. The van der Waals surface area contributed by atoms with Crippen molar-refractivity contribution >= 4 is 12.2 Å². The quantitative estimate of drug-likeness (QED) is 0.103. The predicted molar refractivity (Wildman–Crippen MR) is 126 cm³/mol. The molecule has 0 bridgehead atoms. The number of hydrogen-bond acceptors (Lipinski definition) is 11. The molecule has 1 amide bonds. The van der Waals surface area contributed by atoms with E-state index in [4.69, 9.17) is 43.0 Å². The zero-order valence-electron chi connectivity index (χ0n) is 21.3. The first-order chi connectivity index (χ1) is 17.1. The Labute approximate surface area is 208 Å². The molecule has 208 valence electrons. The Hall–Kier alpha value is -1.22. The Morgan fingerprint density at radius 2 is 1.03 bits per heavy atom. The molecule has 1 unspecified atom stereocenters. The van der Waals surface area contributed by atoms with Crippen LogP contribution < -0.4 is 5.32 Å². The average Bonchev–Trinajstić information content (AvgIpc) is 2.87. The van der Waals surface area contributed by atoms with Crippen molar-refractivity contribution in [2.24, 2.45) is 5.41 Å². The lowest BCUT2D eigenvalue weighted by molar-refractivity contribution is -0.124. The van der Waals surface area contributed by atoms with Gasteiger partial charge < -0.3 is 53.1 Å². The van der Waals surface area contributed by atoms with Crippen molar-refractivity contribution in [1.29, 1.82) is 0 Å². The summed E-state index contributed by atoms with van der Waals surface area (Å²) >= 11 is 0. The summed E-state index contributed by atoms with van der Waals surface area (Å²) in [6.45, 7) is 8.47. The van der Waals surface area contributed by atoms with Gasteiger partial charge in [-0.1, -0.05) is 0 Å². The largest absolute Gasteiger partial charge is 0.395 e. The summed E-state index contributed by atoms with van der Waals surface area (Å²) in [4.78, 5) is 22.5. The van der Waals surface area contributed by atoms with E-state index in [1.807, 2.05) is 0 Å². The van der Waals surface area contributed by atoms with Gasteiger partial charge in [-0.25, -0.2) is 0 Å². The lowest BCUT2D eigenvalue weighted by Gasteiger charge is -2.20. The molecule has 35 heavy (non-hydrogen) atoms. The molecule has 0 saturated heterocycles. The molecule has 0 heterocycles. The molecule has 0 aromatic carbocycles. The first kappa shape index (κ1) is 33.8. The first-order valence-electron chi connectivity index (χ1n) is 11.9. The molecule has 0 saturated carbocycles. The highest BCUT2D eigenvalue weighted by molar-refractivity contribution is 5.76. The summed E-state index contributed by atoms with van der Waals surface area (Å²) in [6, 6.07) is 0. The highest BCUT2D eigenvalue weighted by Gasteiger charge is 2.23. The normalized spacial score (nSPS) is 13.0. The van der Waals surface area contributed by atoms with Gasteiger partial charge in [-0.05, 0) is 6.92 Å². The number of nitrogens with one attached hydrogen (secondary N) is 1. The number of amides is 1. The zero-order valence-corrected chi connectivity index (χ0v) is 21.3. The fraction of sp³-hybridized carbons (Fsp3) is 0.913. The van der Waals surface area contributed by atoms with Crippen LogP contribution in [0.1, 0.15) is 13.3 Å². The third kappa shape index (κ3) is 24.3. The molecule has 12 heteroatoms. The summed E-state index contributed by atoms with van der Waals surface area (Å²) in [6.07, 6.45) is 0.811. The van der Waals surface area contributed by atoms with Crippen LogP contribution in [-0.4, -0.2) is 137 Å². The van der Waals surface area contributed by atoms with Crippen molar-refractivity contribution in [3.8, 4) is 0 Å². The van der Waals surface area contributed by atoms with Gasteiger partial charge in [0.1, 0.15) is 6.29 Å².